The molecule has 40 heavy (non-hydrogen) atoms. The first-order valence-electron chi connectivity index (χ1n) is 13.1. The second-order valence-corrected chi connectivity index (χ2v) is 9.64. The molecule has 1 aliphatic heterocycles. The Labute approximate surface area is 231 Å². The first-order valence-corrected chi connectivity index (χ1v) is 13.1. The molecule has 0 unspecified atom stereocenters. The third kappa shape index (κ3) is 5.67. The van der Waals surface area contributed by atoms with Crippen LogP contribution in [0.5, 0.6) is 23.0 Å². The van der Waals surface area contributed by atoms with E-state index in [1.807, 2.05) is 18.2 Å². The van der Waals surface area contributed by atoms with Gasteiger partial charge in [0.2, 0.25) is 5.75 Å². The average molecular weight is 556 g/mol. The van der Waals surface area contributed by atoms with Gasteiger partial charge in [-0.1, -0.05) is 18.2 Å². The summed E-state index contributed by atoms with van der Waals surface area (Å²) in [6.07, 6.45) is -2.09. The summed E-state index contributed by atoms with van der Waals surface area (Å²) in [4.78, 5) is 7.19. The zero-order valence-electron chi connectivity index (χ0n) is 22.8. The minimum atomic E-state index is -4.50. The summed E-state index contributed by atoms with van der Waals surface area (Å²) in [5.74, 6) is 2.33. The van der Waals surface area contributed by atoms with E-state index in [2.05, 4.69) is 4.90 Å². The minimum absolute atomic E-state index is 0.0601. The predicted octanol–water partition coefficient (Wildman–Crippen LogP) is 6.27. The highest BCUT2D eigenvalue weighted by atomic mass is 19.4. The van der Waals surface area contributed by atoms with Crippen LogP contribution < -0.4 is 18.9 Å². The van der Waals surface area contributed by atoms with E-state index in [0.717, 1.165) is 25.7 Å². The van der Waals surface area contributed by atoms with Crippen LogP contribution in [0.4, 0.5) is 13.2 Å². The van der Waals surface area contributed by atoms with Crippen molar-refractivity contribution in [1.82, 2.24) is 14.5 Å². The molecule has 0 radical (unpaired) electrons. The van der Waals surface area contributed by atoms with Gasteiger partial charge < -0.3 is 23.5 Å². The van der Waals surface area contributed by atoms with E-state index in [0.29, 0.717) is 52.0 Å². The lowest BCUT2D eigenvalue weighted by atomic mass is 10.1. The fourth-order valence-corrected chi connectivity index (χ4v) is 5.19. The molecule has 0 spiro atoms. The molecule has 7 nitrogen and oxygen atoms in total. The lowest BCUT2D eigenvalue weighted by Gasteiger charge is -2.17. The molecule has 0 aliphatic carbocycles. The Balaban J connectivity index is 1.61. The lowest BCUT2D eigenvalue weighted by molar-refractivity contribution is -0.138. The monoisotopic (exact) mass is 555 g/mol. The number of alkyl halides is 3. The lowest BCUT2D eigenvalue weighted by Crippen LogP contribution is -2.25. The Morgan fingerprint density at radius 2 is 1.57 bits per heavy atom. The molecule has 0 amide bonds. The van der Waals surface area contributed by atoms with Crippen LogP contribution in [-0.2, 0) is 12.7 Å². The van der Waals surface area contributed by atoms with Gasteiger partial charge in [-0.15, -0.1) is 0 Å². The molecule has 10 heteroatoms. The Hall–Kier alpha value is -3.92. The zero-order chi connectivity index (χ0) is 28.3. The smallest absolute Gasteiger partial charge is 0.416 e. The van der Waals surface area contributed by atoms with Crippen LogP contribution in [-0.4, -0.2) is 62.0 Å². The quantitative estimate of drug-likeness (QED) is 0.230. The van der Waals surface area contributed by atoms with Crippen molar-refractivity contribution in [3.8, 4) is 34.4 Å². The van der Waals surface area contributed by atoms with Crippen molar-refractivity contribution in [2.24, 2.45) is 0 Å². The molecule has 1 fully saturated rings. The highest BCUT2D eigenvalue weighted by Gasteiger charge is 2.33. The van der Waals surface area contributed by atoms with Crippen LogP contribution in [0.15, 0.2) is 54.6 Å². The van der Waals surface area contributed by atoms with Crippen LogP contribution in [0.1, 0.15) is 24.0 Å². The van der Waals surface area contributed by atoms with Crippen molar-refractivity contribution in [2.75, 3.05) is 47.6 Å². The summed E-state index contributed by atoms with van der Waals surface area (Å²) in [6, 6.07) is 14.6. The van der Waals surface area contributed by atoms with Crippen LogP contribution in [0.25, 0.3) is 22.4 Å². The van der Waals surface area contributed by atoms with Crippen molar-refractivity contribution in [1.29, 1.82) is 0 Å². The number of fused-ring (bicyclic) bond motifs is 1. The average Bonchev–Trinajstić information content (AvgIpc) is 3.60. The number of rotatable bonds is 10. The normalized spacial score (nSPS) is 14.1. The molecule has 0 atom stereocenters. The number of aromatic nitrogens is 2. The standard InChI is InChI=1S/C30H32F3N3O4/c1-37-26-16-21(17-27(38-2)28(26)39-3)29-34-24-11-10-22(40-15-14-35-12-6-7-13-35)18-25(24)36(29)19-20-8-4-5-9-23(20)30(31,32)33/h4-5,8-11,16-18H,6-7,12-15,19H2,1-3H3. The molecule has 2 heterocycles. The van der Waals surface area contributed by atoms with Gasteiger partial charge >= 0.3 is 6.18 Å². The van der Waals surface area contributed by atoms with E-state index in [9.17, 15) is 13.2 Å². The van der Waals surface area contributed by atoms with Crippen LogP contribution in [0.3, 0.4) is 0 Å². The summed E-state index contributed by atoms with van der Waals surface area (Å²) in [5.41, 5.74) is 1.32. The number of methoxy groups -OCH3 is 3. The SMILES string of the molecule is COc1cc(-c2nc3ccc(OCCN4CCCC4)cc3n2Cc2ccccc2C(F)(F)F)cc(OC)c1OC. The van der Waals surface area contributed by atoms with E-state index in [-0.39, 0.29) is 12.1 Å². The van der Waals surface area contributed by atoms with Gasteiger partial charge in [0.1, 0.15) is 18.2 Å². The van der Waals surface area contributed by atoms with Crippen molar-refractivity contribution < 1.29 is 32.1 Å². The maximum absolute atomic E-state index is 13.9. The first kappa shape index (κ1) is 27.6. The van der Waals surface area contributed by atoms with E-state index in [4.69, 9.17) is 23.9 Å². The highest BCUT2D eigenvalue weighted by molar-refractivity contribution is 5.83. The van der Waals surface area contributed by atoms with Crippen molar-refractivity contribution >= 4 is 11.0 Å². The Kier molecular flexibility index (Phi) is 8.07. The third-order valence-electron chi connectivity index (χ3n) is 7.17. The third-order valence-corrected chi connectivity index (χ3v) is 7.17. The molecular weight excluding hydrogens is 523 g/mol. The number of likely N-dealkylation sites (tertiary alicyclic amines) is 1. The molecule has 1 aliphatic rings. The molecule has 0 N–H and O–H groups in total. The number of halogens is 3. The molecule has 4 aromatic rings. The van der Waals surface area contributed by atoms with Crippen molar-refractivity contribution in [3.63, 3.8) is 0 Å². The van der Waals surface area contributed by atoms with Crippen LogP contribution in [0.2, 0.25) is 0 Å². The Morgan fingerprint density at radius 1 is 0.875 bits per heavy atom. The maximum Gasteiger partial charge on any atom is 0.416 e. The van der Waals surface area contributed by atoms with E-state index in [1.54, 1.807) is 22.8 Å². The molecule has 1 saturated heterocycles. The maximum atomic E-state index is 13.9. The number of ether oxygens (including phenoxy) is 4. The molecule has 0 bridgehead atoms. The van der Waals surface area contributed by atoms with Crippen molar-refractivity contribution in [3.05, 3.63) is 65.7 Å². The summed E-state index contributed by atoms with van der Waals surface area (Å²) < 4.78 is 66.1. The van der Waals surface area contributed by atoms with E-state index >= 15 is 0 Å². The second-order valence-electron chi connectivity index (χ2n) is 9.64. The second kappa shape index (κ2) is 11.7. The van der Waals surface area contributed by atoms with Gasteiger partial charge in [0.25, 0.3) is 0 Å². The summed E-state index contributed by atoms with van der Waals surface area (Å²) in [7, 11) is 4.53. The first-order chi connectivity index (χ1) is 19.3. The van der Waals surface area contributed by atoms with Gasteiger partial charge in [0.15, 0.2) is 11.5 Å². The van der Waals surface area contributed by atoms with E-state index < -0.39 is 11.7 Å². The van der Waals surface area contributed by atoms with Gasteiger partial charge in [-0.05, 0) is 61.8 Å². The fourth-order valence-electron chi connectivity index (χ4n) is 5.19. The largest absolute Gasteiger partial charge is 0.493 e. The van der Waals surface area contributed by atoms with E-state index in [1.165, 1.54) is 46.3 Å². The number of nitrogens with zero attached hydrogens (tertiary/aromatic N) is 3. The number of benzene rings is 3. The van der Waals surface area contributed by atoms with Crippen molar-refractivity contribution in [2.45, 2.75) is 25.6 Å². The topological polar surface area (TPSA) is 58.0 Å². The summed E-state index contributed by atoms with van der Waals surface area (Å²) >= 11 is 0. The minimum Gasteiger partial charge on any atom is -0.493 e. The number of hydrogen-bond donors (Lipinski definition) is 0. The van der Waals surface area contributed by atoms with Crippen LogP contribution >= 0.6 is 0 Å². The molecule has 212 valence electrons. The predicted molar refractivity (Wildman–Crippen MR) is 147 cm³/mol. The van der Waals surface area contributed by atoms with Crippen LogP contribution in [0, 0.1) is 0 Å². The molecule has 1 aromatic heterocycles. The van der Waals surface area contributed by atoms with Gasteiger partial charge in [0.05, 0.1) is 44.5 Å². The van der Waals surface area contributed by atoms with Gasteiger partial charge in [-0.2, -0.15) is 13.2 Å². The summed E-state index contributed by atoms with van der Waals surface area (Å²) in [5, 5.41) is 0. The van der Waals surface area contributed by atoms with Gasteiger partial charge in [0, 0.05) is 18.2 Å². The fraction of sp³-hybridized carbons (Fsp3) is 0.367. The Morgan fingerprint density at radius 3 is 2.23 bits per heavy atom. The molecular formula is C30H32F3N3O4. The number of imidazole rings is 1. The Bertz CT molecular complexity index is 1450. The molecule has 0 saturated carbocycles. The summed E-state index contributed by atoms with van der Waals surface area (Å²) in [6.45, 7) is 3.44. The number of hydrogen-bond acceptors (Lipinski definition) is 6. The van der Waals surface area contributed by atoms with Gasteiger partial charge in [-0.25, -0.2) is 4.98 Å². The molecule has 5 rings (SSSR count). The highest BCUT2D eigenvalue weighted by Crippen LogP contribution is 2.42. The molecule has 3 aromatic carbocycles. The van der Waals surface area contributed by atoms with Gasteiger partial charge in [-0.3, -0.25) is 4.90 Å². The zero-order valence-corrected chi connectivity index (χ0v) is 22.8.